The van der Waals surface area contributed by atoms with Crippen LogP contribution in [-0.4, -0.2) is 74.8 Å². The molecule has 0 aromatic carbocycles. The van der Waals surface area contributed by atoms with E-state index >= 15 is 0 Å². The van der Waals surface area contributed by atoms with Crippen LogP contribution in [0.25, 0.3) is 11.2 Å². The second-order valence-electron chi connectivity index (χ2n) is 6.76. The lowest BCUT2D eigenvalue weighted by molar-refractivity contribution is 0.244. The molecule has 2 aromatic rings. The average Bonchev–Trinajstić information content (AvgIpc) is 3.26. The Kier molecular flexibility index (Phi) is 7.22. The highest BCUT2D eigenvalue weighted by Crippen LogP contribution is 2.31. The van der Waals surface area contributed by atoms with Gasteiger partial charge in [-0.25, -0.2) is 4.98 Å². The molecule has 0 unspecified atom stereocenters. The van der Waals surface area contributed by atoms with Gasteiger partial charge in [0, 0.05) is 37.1 Å². The third-order valence-electron chi connectivity index (χ3n) is 4.36. The fourth-order valence-corrected chi connectivity index (χ4v) is 4.98. The summed E-state index contributed by atoms with van der Waals surface area (Å²) in [6.07, 6.45) is 6.76. The van der Waals surface area contributed by atoms with Crippen LogP contribution in [0.3, 0.4) is 0 Å². The molecule has 0 radical (unpaired) electrons. The fourth-order valence-electron chi connectivity index (χ4n) is 2.94. The molecule has 3 rings (SSSR count). The number of rotatable bonds is 10. The van der Waals surface area contributed by atoms with Crippen molar-refractivity contribution in [3.8, 4) is 0 Å². The number of fused-ring (bicyclic) bond motifs is 1. The van der Waals surface area contributed by atoms with E-state index in [2.05, 4.69) is 45.3 Å². The lowest BCUT2D eigenvalue weighted by Gasteiger charge is -2.13. The van der Waals surface area contributed by atoms with Crippen molar-refractivity contribution in [3.05, 3.63) is 18.5 Å². The number of anilines is 2. The highest BCUT2D eigenvalue weighted by atomic mass is 33.1. The van der Waals surface area contributed by atoms with Gasteiger partial charge in [-0.15, -0.1) is 0 Å². The van der Waals surface area contributed by atoms with E-state index in [0.717, 1.165) is 42.2 Å². The van der Waals surface area contributed by atoms with Crippen molar-refractivity contribution in [1.29, 1.82) is 0 Å². The second kappa shape index (κ2) is 9.63. The zero-order chi connectivity index (χ0) is 19.2. The summed E-state index contributed by atoms with van der Waals surface area (Å²) in [4.78, 5) is 15.4. The Morgan fingerprint density at radius 3 is 2.85 bits per heavy atom. The monoisotopic (exact) mass is 409 g/mol. The number of nitrogens with zero attached hydrogens (tertiary/aromatic N) is 5. The van der Waals surface area contributed by atoms with Gasteiger partial charge in [0.2, 0.25) is 5.95 Å². The van der Waals surface area contributed by atoms with Crippen LogP contribution < -0.4 is 11.1 Å². The Balaban J connectivity index is 1.61. The van der Waals surface area contributed by atoms with E-state index in [1.54, 1.807) is 6.33 Å². The van der Waals surface area contributed by atoms with Crippen LogP contribution in [0, 0.1) is 5.92 Å². The molecule has 0 fully saturated rings. The molecule has 27 heavy (non-hydrogen) atoms. The minimum atomic E-state index is 0.137. The van der Waals surface area contributed by atoms with Gasteiger partial charge < -0.3 is 25.6 Å². The van der Waals surface area contributed by atoms with Gasteiger partial charge in [0.05, 0.1) is 12.4 Å². The SMILES string of the molecule is CN(C)CCSSCCNc1nc(N)nc2c1ncn2[C@H]1C=C[C@@H](CO)C1. The summed E-state index contributed by atoms with van der Waals surface area (Å²) >= 11 is 0. The molecule has 10 heteroatoms. The topological polar surface area (TPSA) is 105 Å². The van der Waals surface area contributed by atoms with Gasteiger partial charge in [0.1, 0.15) is 0 Å². The summed E-state index contributed by atoms with van der Waals surface area (Å²) in [6.45, 7) is 2.03. The molecule has 0 saturated heterocycles. The number of aliphatic hydroxyl groups excluding tert-OH is 1. The molecule has 1 aliphatic carbocycles. The number of hydrogen-bond acceptors (Lipinski definition) is 9. The van der Waals surface area contributed by atoms with Crippen molar-refractivity contribution >= 4 is 44.5 Å². The molecule has 0 spiro atoms. The van der Waals surface area contributed by atoms with Crippen molar-refractivity contribution in [2.75, 3.05) is 56.3 Å². The van der Waals surface area contributed by atoms with Gasteiger partial charge in [-0.2, -0.15) is 9.97 Å². The van der Waals surface area contributed by atoms with Crippen molar-refractivity contribution in [1.82, 2.24) is 24.4 Å². The number of aliphatic hydroxyl groups is 1. The summed E-state index contributed by atoms with van der Waals surface area (Å²) in [5.74, 6) is 3.17. The van der Waals surface area contributed by atoms with E-state index in [9.17, 15) is 5.11 Å². The maximum absolute atomic E-state index is 9.35. The third-order valence-corrected chi connectivity index (χ3v) is 6.75. The normalized spacial score (nSPS) is 19.4. The largest absolute Gasteiger partial charge is 0.396 e. The van der Waals surface area contributed by atoms with Crippen LogP contribution in [0.5, 0.6) is 0 Å². The molecular formula is C17H27N7OS2. The Labute approximate surface area is 167 Å². The van der Waals surface area contributed by atoms with Gasteiger partial charge >= 0.3 is 0 Å². The Hall–Kier alpha value is -1.49. The van der Waals surface area contributed by atoms with Crippen LogP contribution in [0.15, 0.2) is 18.5 Å². The highest BCUT2D eigenvalue weighted by molar-refractivity contribution is 8.76. The predicted octanol–water partition coefficient (Wildman–Crippen LogP) is 1.87. The minimum absolute atomic E-state index is 0.137. The van der Waals surface area contributed by atoms with E-state index in [1.165, 1.54) is 0 Å². The van der Waals surface area contributed by atoms with E-state index in [-0.39, 0.29) is 24.5 Å². The number of nitrogens with one attached hydrogen (secondary N) is 1. The average molecular weight is 410 g/mol. The molecular weight excluding hydrogens is 382 g/mol. The summed E-state index contributed by atoms with van der Waals surface area (Å²) in [5.41, 5.74) is 7.39. The smallest absolute Gasteiger partial charge is 0.224 e. The van der Waals surface area contributed by atoms with Crippen LogP contribution in [0.1, 0.15) is 12.5 Å². The first-order valence-corrected chi connectivity index (χ1v) is 11.5. The number of imidazole rings is 1. The number of nitrogens with two attached hydrogens (primary N) is 1. The molecule has 0 bridgehead atoms. The van der Waals surface area contributed by atoms with E-state index in [4.69, 9.17) is 5.73 Å². The second-order valence-corrected chi connectivity index (χ2v) is 9.46. The molecule has 0 saturated carbocycles. The van der Waals surface area contributed by atoms with E-state index < -0.39 is 0 Å². The van der Waals surface area contributed by atoms with Gasteiger partial charge in [0.25, 0.3) is 0 Å². The maximum Gasteiger partial charge on any atom is 0.224 e. The fraction of sp³-hybridized carbons (Fsp3) is 0.588. The molecule has 1 aliphatic rings. The molecule has 8 nitrogen and oxygen atoms in total. The molecule has 0 amide bonds. The lowest BCUT2D eigenvalue weighted by atomic mass is 10.1. The zero-order valence-corrected chi connectivity index (χ0v) is 17.3. The Morgan fingerprint density at radius 2 is 2.11 bits per heavy atom. The third kappa shape index (κ3) is 5.28. The van der Waals surface area contributed by atoms with Crippen molar-refractivity contribution < 1.29 is 5.11 Å². The summed E-state index contributed by atoms with van der Waals surface area (Å²) < 4.78 is 2.01. The first-order valence-electron chi connectivity index (χ1n) is 9.00. The first kappa shape index (κ1) is 20.2. The zero-order valence-electron chi connectivity index (χ0n) is 15.7. The van der Waals surface area contributed by atoms with Gasteiger partial charge in [-0.3, -0.25) is 0 Å². The Bertz CT molecular complexity index is 780. The molecule has 0 aliphatic heterocycles. The molecule has 4 N–H and O–H groups in total. The van der Waals surface area contributed by atoms with Crippen molar-refractivity contribution in [2.45, 2.75) is 12.5 Å². The summed E-state index contributed by atoms with van der Waals surface area (Å²) in [6, 6.07) is 0.137. The first-order chi connectivity index (χ1) is 13.1. The quantitative estimate of drug-likeness (QED) is 0.308. The molecule has 2 heterocycles. The van der Waals surface area contributed by atoms with Crippen LogP contribution in [0.4, 0.5) is 11.8 Å². The van der Waals surface area contributed by atoms with Gasteiger partial charge in [0.15, 0.2) is 17.0 Å². The van der Waals surface area contributed by atoms with Gasteiger partial charge in [-0.05, 0) is 20.5 Å². The van der Waals surface area contributed by atoms with E-state index in [0.29, 0.717) is 5.82 Å². The number of nitrogen functional groups attached to an aromatic ring is 1. The Morgan fingerprint density at radius 1 is 1.30 bits per heavy atom. The summed E-state index contributed by atoms with van der Waals surface area (Å²) in [7, 11) is 7.89. The summed E-state index contributed by atoms with van der Waals surface area (Å²) in [5, 5.41) is 12.7. The number of hydrogen-bond donors (Lipinski definition) is 3. The van der Waals surface area contributed by atoms with Crippen LogP contribution in [-0.2, 0) is 0 Å². The number of aromatic nitrogens is 4. The van der Waals surface area contributed by atoms with Crippen LogP contribution >= 0.6 is 21.6 Å². The van der Waals surface area contributed by atoms with Crippen molar-refractivity contribution in [3.63, 3.8) is 0 Å². The van der Waals surface area contributed by atoms with Crippen molar-refractivity contribution in [2.24, 2.45) is 5.92 Å². The van der Waals surface area contributed by atoms with E-state index in [1.807, 2.05) is 32.2 Å². The molecule has 148 valence electrons. The minimum Gasteiger partial charge on any atom is -0.396 e. The number of allylic oxidation sites excluding steroid dienone is 1. The van der Waals surface area contributed by atoms with Gasteiger partial charge in [-0.1, -0.05) is 33.7 Å². The highest BCUT2D eigenvalue weighted by Gasteiger charge is 2.23. The standard InChI is InChI=1S/C17H27N7OS2/c1-23(2)6-8-27-26-7-5-19-15-14-16(22-17(18)21-15)24(11-20-14)13-4-3-12(9-13)10-25/h3-4,11-13,25H,5-10H2,1-2H3,(H3,18,19,21,22)/t12-,13+/m1/s1. The molecule has 2 aromatic heterocycles. The molecule has 2 atom stereocenters. The lowest BCUT2D eigenvalue weighted by Crippen LogP contribution is -2.14. The van der Waals surface area contributed by atoms with Crippen LogP contribution in [0.2, 0.25) is 0 Å². The maximum atomic E-state index is 9.35. The predicted molar refractivity (Wildman–Crippen MR) is 115 cm³/mol.